The maximum Gasteiger partial charge on any atom is 0.313 e. The van der Waals surface area contributed by atoms with Gasteiger partial charge in [-0.3, -0.25) is 14.4 Å². The molecule has 0 radical (unpaired) electrons. The second-order valence-corrected chi connectivity index (χ2v) is 15.3. The molecule has 2 bridgehead atoms. The van der Waals surface area contributed by atoms with Crippen molar-refractivity contribution in [2.24, 2.45) is 44.3 Å². The average molecular weight is 548 g/mol. The predicted molar refractivity (Wildman–Crippen MR) is 146 cm³/mol. The van der Waals surface area contributed by atoms with Gasteiger partial charge in [0.2, 0.25) is 5.70 Å². The van der Waals surface area contributed by atoms with E-state index in [1.807, 2.05) is 6.92 Å². The molecule has 7 heteroatoms. The summed E-state index contributed by atoms with van der Waals surface area (Å²) in [4.78, 5) is 57.4. The van der Waals surface area contributed by atoms with Crippen LogP contribution in [0.25, 0.3) is 4.85 Å². The van der Waals surface area contributed by atoms with Crippen LogP contribution in [0.1, 0.15) is 93.4 Å². The van der Waals surface area contributed by atoms with E-state index in [0.717, 1.165) is 24.8 Å². The average Bonchev–Trinajstić information content (AvgIpc) is 3.06. The lowest BCUT2D eigenvalue weighted by atomic mass is 9.33. The van der Waals surface area contributed by atoms with Gasteiger partial charge in [0.1, 0.15) is 6.61 Å². The van der Waals surface area contributed by atoms with Crippen LogP contribution >= 0.6 is 0 Å². The summed E-state index contributed by atoms with van der Waals surface area (Å²) in [7, 11) is 0. The number of carbonyl (C=O) groups is 4. The Hall–Kier alpha value is -2.75. The number of ketones is 2. The highest BCUT2D eigenvalue weighted by Crippen LogP contribution is 2.78. The van der Waals surface area contributed by atoms with Gasteiger partial charge in [0.15, 0.2) is 17.2 Å². The Kier molecular flexibility index (Phi) is 5.31. The number of allylic oxidation sites excluding steroid dienone is 3. The molecule has 4 fully saturated rings. The molecule has 5 aliphatic carbocycles. The van der Waals surface area contributed by atoms with Gasteiger partial charge in [0.05, 0.1) is 17.4 Å². The van der Waals surface area contributed by atoms with Crippen LogP contribution in [0, 0.1) is 50.9 Å². The van der Waals surface area contributed by atoms with Crippen LogP contribution in [0.4, 0.5) is 0 Å². The summed E-state index contributed by atoms with van der Waals surface area (Å²) in [6, 6.07) is 0. The molecule has 214 valence electrons. The van der Waals surface area contributed by atoms with Crippen LogP contribution in [0.2, 0.25) is 0 Å². The molecule has 8 atom stereocenters. The zero-order valence-corrected chi connectivity index (χ0v) is 24.9. The van der Waals surface area contributed by atoms with Crippen LogP contribution in [0.3, 0.4) is 0 Å². The molecule has 1 heterocycles. The first-order chi connectivity index (χ1) is 18.5. The molecule has 0 amide bonds. The van der Waals surface area contributed by atoms with Crippen LogP contribution in [-0.4, -0.2) is 35.7 Å². The highest BCUT2D eigenvalue weighted by atomic mass is 16.6. The zero-order chi connectivity index (χ0) is 29.3. The topological polar surface area (TPSA) is 91.1 Å². The Morgan fingerprint density at radius 1 is 1.02 bits per heavy atom. The minimum absolute atomic E-state index is 0.0116. The number of hydrogen-bond donors (Lipinski definition) is 0. The molecule has 0 aromatic rings. The highest BCUT2D eigenvalue weighted by molar-refractivity contribution is 6.06. The Balaban J connectivity index is 1.56. The molecule has 6 rings (SSSR count). The van der Waals surface area contributed by atoms with Crippen molar-refractivity contribution < 1.29 is 28.7 Å². The van der Waals surface area contributed by atoms with Gasteiger partial charge in [-0.1, -0.05) is 53.2 Å². The third-order valence-electron chi connectivity index (χ3n) is 13.1. The largest absolute Gasteiger partial charge is 0.465 e. The van der Waals surface area contributed by atoms with Crippen LogP contribution in [-0.2, 0) is 28.7 Å². The number of hydrogen-bond acceptors (Lipinski definition) is 6. The van der Waals surface area contributed by atoms with E-state index in [2.05, 4.69) is 32.5 Å². The molecule has 0 aromatic heterocycles. The first-order valence-corrected chi connectivity index (χ1v) is 14.8. The van der Waals surface area contributed by atoms with Crippen LogP contribution < -0.4 is 0 Å². The van der Waals surface area contributed by atoms with Crippen molar-refractivity contribution in [1.82, 2.24) is 0 Å². The number of fused-ring (bicyclic) bond motifs is 4. The van der Waals surface area contributed by atoms with E-state index < -0.39 is 38.6 Å². The molecule has 1 aliphatic heterocycles. The molecule has 1 saturated heterocycles. The predicted octanol–water partition coefficient (Wildman–Crippen LogP) is 5.78. The Labute approximate surface area is 236 Å². The van der Waals surface area contributed by atoms with Crippen molar-refractivity contribution in [3.8, 4) is 0 Å². The van der Waals surface area contributed by atoms with Crippen molar-refractivity contribution in [2.45, 2.75) is 99.0 Å². The fourth-order valence-corrected chi connectivity index (χ4v) is 10.7. The molecule has 0 unspecified atom stereocenters. The maximum absolute atomic E-state index is 14.7. The fraction of sp³-hybridized carbons (Fsp3) is 0.727. The molecule has 3 saturated carbocycles. The standard InChI is InChI=1S/C33H41NO6/c1-19(35)39-18-29(5)21-9-10-30(6)22(28(21,4)16-20(34-8)25(29)37)15-24(36)33-23-17-27(2,3)11-13-32(23,26(38)40-33)14-12-31(30,33)7/h15-16,21,23H,9-14,17-18H2,1-7H3/t21-,23-,28+,29+,30-,31+,32+,33-/m1/s1. The SMILES string of the molecule is [C-]#[N+]C1=C[C@]2(C)C3=CC(=O)[C@]45OC(=O)[C@@]6(CCC(C)(C)C[C@H]64)CC[C@@]5(C)[C@]3(C)CC[C@H]2[C@](C)(COC(C)=O)C1=O. The fourth-order valence-electron chi connectivity index (χ4n) is 10.7. The number of rotatable bonds is 2. The monoisotopic (exact) mass is 547 g/mol. The van der Waals surface area contributed by atoms with Crippen LogP contribution in [0.5, 0.6) is 0 Å². The van der Waals surface area contributed by atoms with E-state index in [9.17, 15) is 19.2 Å². The molecule has 40 heavy (non-hydrogen) atoms. The van der Waals surface area contributed by atoms with Gasteiger partial charge in [-0.05, 0) is 67.8 Å². The molecule has 6 aliphatic rings. The number of nitrogens with zero attached hydrogens (tertiary/aromatic N) is 1. The van der Waals surface area contributed by atoms with E-state index in [-0.39, 0.29) is 47.1 Å². The van der Waals surface area contributed by atoms with E-state index in [4.69, 9.17) is 16.0 Å². The summed E-state index contributed by atoms with van der Waals surface area (Å²) in [6.45, 7) is 21.7. The van der Waals surface area contributed by atoms with E-state index in [0.29, 0.717) is 25.7 Å². The molecule has 1 spiro atoms. The van der Waals surface area contributed by atoms with Crippen molar-refractivity contribution in [3.63, 3.8) is 0 Å². The van der Waals surface area contributed by atoms with Gasteiger partial charge in [0, 0.05) is 23.7 Å². The maximum atomic E-state index is 14.7. The Bertz CT molecular complexity index is 1380. The normalized spacial score (nSPS) is 48.3. The second-order valence-electron chi connectivity index (χ2n) is 15.3. The van der Waals surface area contributed by atoms with Gasteiger partial charge >= 0.3 is 11.9 Å². The second kappa shape index (κ2) is 7.75. The summed E-state index contributed by atoms with van der Waals surface area (Å²) < 4.78 is 11.9. The van der Waals surface area contributed by atoms with Gasteiger partial charge in [0.25, 0.3) is 0 Å². The minimum atomic E-state index is -1.21. The quantitative estimate of drug-likeness (QED) is 0.321. The first-order valence-electron chi connectivity index (χ1n) is 14.8. The number of ether oxygens (including phenoxy) is 2. The Morgan fingerprint density at radius 3 is 2.35 bits per heavy atom. The summed E-state index contributed by atoms with van der Waals surface area (Å²) in [5.74, 6) is -1.54. The first kappa shape index (κ1) is 27.4. The minimum Gasteiger partial charge on any atom is -0.465 e. The molecular formula is C33H41NO6. The zero-order valence-electron chi connectivity index (χ0n) is 24.9. The number of carbonyl (C=O) groups excluding carboxylic acids is 4. The molecule has 0 aromatic carbocycles. The summed E-state index contributed by atoms with van der Waals surface area (Å²) in [6.07, 6.45) is 8.77. The van der Waals surface area contributed by atoms with Crippen molar-refractivity contribution >= 4 is 23.5 Å². The van der Waals surface area contributed by atoms with E-state index >= 15 is 0 Å². The third-order valence-corrected chi connectivity index (χ3v) is 13.1. The lowest BCUT2D eigenvalue weighted by Gasteiger charge is -2.69. The highest BCUT2D eigenvalue weighted by Gasteiger charge is 2.82. The van der Waals surface area contributed by atoms with E-state index in [1.54, 1.807) is 19.1 Å². The van der Waals surface area contributed by atoms with Gasteiger partial charge in [-0.15, -0.1) is 0 Å². The molecular weight excluding hydrogens is 506 g/mol. The smallest absolute Gasteiger partial charge is 0.313 e. The van der Waals surface area contributed by atoms with Gasteiger partial charge in [-0.25, -0.2) is 4.85 Å². The van der Waals surface area contributed by atoms with E-state index in [1.165, 1.54) is 6.92 Å². The van der Waals surface area contributed by atoms with Crippen molar-refractivity contribution in [1.29, 1.82) is 0 Å². The lowest BCUT2D eigenvalue weighted by molar-refractivity contribution is -0.207. The van der Waals surface area contributed by atoms with Gasteiger partial charge in [-0.2, -0.15) is 0 Å². The third kappa shape index (κ3) is 2.86. The molecule has 0 N–H and O–H groups in total. The summed E-state index contributed by atoms with van der Waals surface area (Å²) in [5, 5.41) is 0. The number of Topliss-reactive ketones (excluding diaryl/α,β-unsaturated/α-hetero) is 1. The van der Waals surface area contributed by atoms with Crippen molar-refractivity contribution in [2.75, 3.05) is 6.61 Å². The Morgan fingerprint density at radius 2 is 1.70 bits per heavy atom. The number of esters is 2. The molecule has 7 nitrogen and oxygen atoms in total. The summed E-state index contributed by atoms with van der Waals surface area (Å²) >= 11 is 0. The van der Waals surface area contributed by atoms with Gasteiger partial charge < -0.3 is 14.3 Å². The summed E-state index contributed by atoms with van der Waals surface area (Å²) in [5.41, 5.74) is -3.85. The lowest BCUT2D eigenvalue weighted by Crippen LogP contribution is -2.71. The van der Waals surface area contributed by atoms with Crippen molar-refractivity contribution in [3.05, 3.63) is 34.8 Å². The van der Waals surface area contributed by atoms with Crippen LogP contribution in [0.15, 0.2) is 23.4 Å².